The van der Waals surface area contributed by atoms with Crippen LogP contribution in [0.4, 0.5) is 5.69 Å². The molecular weight excluding hydrogens is 268 g/mol. The van der Waals surface area contributed by atoms with Crippen molar-refractivity contribution in [3.05, 3.63) is 47.3 Å². The molecule has 2 amide bonds. The molecule has 1 aliphatic rings. The van der Waals surface area contributed by atoms with Crippen molar-refractivity contribution in [2.45, 2.75) is 25.8 Å². The number of benzene rings is 1. The van der Waals surface area contributed by atoms with Crippen LogP contribution in [-0.4, -0.2) is 28.1 Å². The molecule has 3 rings (SSSR count). The van der Waals surface area contributed by atoms with Crippen molar-refractivity contribution in [3.63, 3.8) is 0 Å². The Balaban J connectivity index is 1.80. The molecule has 1 heterocycles. The van der Waals surface area contributed by atoms with E-state index in [1.807, 2.05) is 0 Å². The highest BCUT2D eigenvalue weighted by molar-refractivity contribution is 6.09. The van der Waals surface area contributed by atoms with Crippen LogP contribution in [0.15, 0.2) is 30.5 Å². The van der Waals surface area contributed by atoms with Crippen LogP contribution in [0.3, 0.4) is 0 Å². The number of carbonyl (C=O) groups excluding carboxylic acids is 2. The van der Waals surface area contributed by atoms with E-state index in [1.54, 1.807) is 31.2 Å². The van der Waals surface area contributed by atoms with E-state index >= 15 is 0 Å². The fourth-order valence-corrected chi connectivity index (χ4v) is 2.05. The number of aryl methyl sites for hydroxylation is 1. The van der Waals surface area contributed by atoms with E-state index < -0.39 is 0 Å². The molecular formula is C15H16N4O2. The first-order valence-corrected chi connectivity index (χ1v) is 6.86. The lowest BCUT2D eigenvalue weighted by molar-refractivity contribution is 0.0952. The number of aromatic amines is 1. The quantitative estimate of drug-likeness (QED) is 0.801. The highest BCUT2D eigenvalue weighted by atomic mass is 16.2. The molecule has 1 saturated carbocycles. The first kappa shape index (κ1) is 13.4. The molecule has 0 bridgehead atoms. The summed E-state index contributed by atoms with van der Waals surface area (Å²) < 4.78 is 0. The van der Waals surface area contributed by atoms with Crippen LogP contribution in [0.25, 0.3) is 0 Å². The Hall–Kier alpha value is -2.63. The second-order valence-corrected chi connectivity index (χ2v) is 5.16. The second-order valence-electron chi connectivity index (χ2n) is 5.16. The third-order valence-electron chi connectivity index (χ3n) is 3.41. The van der Waals surface area contributed by atoms with Gasteiger partial charge >= 0.3 is 0 Å². The Kier molecular flexibility index (Phi) is 3.43. The fourth-order valence-electron chi connectivity index (χ4n) is 2.05. The lowest BCUT2D eigenvalue weighted by Gasteiger charge is -2.10. The zero-order valence-corrected chi connectivity index (χ0v) is 11.6. The van der Waals surface area contributed by atoms with Crippen molar-refractivity contribution in [1.29, 1.82) is 0 Å². The molecule has 1 aliphatic carbocycles. The number of H-pyrrole nitrogens is 1. The van der Waals surface area contributed by atoms with Gasteiger partial charge in [0, 0.05) is 11.7 Å². The zero-order valence-electron chi connectivity index (χ0n) is 11.6. The number of aromatic nitrogens is 2. The van der Waals surface area contributed by atoms with Crippen molar-refractivity contribution in [2.24, 2.45) is 0 Å². The van der Waals surface area contributed by atoms with Gasteiger partial charge < -0.3 is 10.6 Å². The molecule has 0 radical (unpaired) electrons. The summed E-state index contributed by atoms with van der Waals surface area (Å²) in [4.78, 5) is 24.4. The average Bonchev–Trinajstić information content (AvgIpc) is 3.17. The highest BCUT2D eigenvalue weighted by Crippen LogP contribution is 2.22. The third-order valence-corrected chi connectivity index (χ3v) is 3.41. The Morgan fingerprint density at radius 3 is 2.62 bits per heavy atom. The number of para-hydroxylation sites is 1. The second kappa shape index (κ2) is 5.40. The van der Waals surface area contributed by atoms with Crippen LogP contribution in [0.2, 0.25) is 0 Å². The molecule has 3 N–H and O–H groups in total. The number of rotatable bonds is 4. The first-order valence-electron chi connectivity index (χ1n) is 6.86. The van der Waals surface area contributed by atoms with Gasteiger partial charge in [0.25, 0.3) is 11.8 Å². The largest absolute Gasteiger partial charge is 0.349 e. The summed E-state index contributed by atoms with van der Waals surface area (Å²) in [6.45, 7) is 1.77. The van der Waals surface area contributed by atoms with E-state index in [0.29, 0.717) is 22.5 Å². The van der Waals surface area contributed by atoms with Crippen molar-refractivity contribution < 1.29 is 9.59 Å². The van der Waals surface area contributed by atoms with Crippen LogP contribution in [-0.2, 0) is 0 Å². The zero-order chi connectivity index (χ0) is 14.8. The molecule has 0 spiro atoms. The van der Waals surface area contributed by atoms with E-state index in [9.17, 15) is 9.59 Å². The maximum atomic E-state index is 12.2. The molecule has 0 aliphatic heterocycles. The monoisotopic (exact) mass is 284 g/mol. The minimum absolute atomic E-state index is 0.155. The van der Waals surface area contributed by atoms with Gasteiger partial charge in [0.05, 0.1) is 23.0 Å². The number of anilines is 1. The van der Waals surface area contributed by atoms with Crippen molar-refractivity contribution in [2.75, 3.05) is 5.32 Å². The Morgan fingerprint density at radius 1 is 1.19 bits per heavy atom. The van der Waals surface area contributed by atoms with Gasteiger partial charge in [-0.25, -0.2) is 0 Å². The van der Waals surface area contributed by atoms with Crippen molar-refractivity contribution in [3.8, 4) is 0 Å². The number of hydrogen-bond acceptors (Lipinski definition) is 3. The van der Waals surface area contributed by atoms with Gasteiger partial charge in [0.1, 0.15) is 0 Å². The predicted octanol–water partition coefficient (Wildman–Crippen LogP) is 1.86. The highest BCUT2D eigenvalue weighted by Gasteiger charge is 2.25. The van der Waals surface area contributed by atoms with Crippen LogP contribution in [0.5, 0.6) is 0 Å². The number of hydrogen-bond donors (Lipinski definition) is 3. The third kappa shape index (κ3) is 2.94. The molecule has 0 atom stereocenters. The van der Waals surface area contributed by atoms with Gasteiger partial charge in [-0.3, -0.25) is 14.7 Å². The van der Waals surface area contributed by atoms with Crippen LogP contribution in [0.1, 0.15) is 39.3 Å². The SMILES string of the molecule is Cc1[nH]ncc1C(=O)Nc1ccccc1C(=O)NC1CC1. The summed E-state index contributed by atoms with van der Waals surface area (Å²) >= 11 is 0. The Labute approximate surface area is 121 Å². The number of nitrogens with one attached hydrogen (secondary N) is 3. The average molecular weight is 284 g/mol. The Bertz CT molecular complexity index is 688. The first-order chi connectivity index (χ1) is 10.1. The number of carbonyl (C=O) groups is 2. The summed E-state index contributed by atoms with van der Waals surface area (Å²) in [5.74, 6) is -0.440. The molecule has 2 aromatic rings. The summed E-state index contributed by atoms with van der Waals surface area (Å²) in [7, 11) is 0. The fraction of sp³-hybridized carbons (Fsp3) is 0.267. The molecule has 21 heavy (non-hydrogen) atoms. The molecule has 0 unspecified atom stereocenters. The standard InChI is InChI=1S/C15H16N4O2/c1-9-12(8-16-19-9)15(21)18-13-5-3-2-4-11(13)14(20)17-10-6-7-10/h2-5,8,10H,6-7H2,1H3,(H,16,19)(H,17,20)(H,18,21). The molecule has 1 aromatic carbocycles. The van der Waals surface area contributed by atoms with Gasteiger partial charge in [-0.2, -0.15) is 5.10 Å². The van der Waals surface area contributed by atoms with Crippen LogP contribution >= 0.6 is 0 Å². The van der Waals surface area contributed by atoms with Crippen LogP contribution in [0, 0.1) is 6.92 Å². The topological polar surface area (TPSA) is 86.9 Å². The molecule has 6 heteroatoms. The van der Waals surface area contributed by atoms with Crippen molar-refractivity contribution >= 4 is 17.5 Å². The molecule has 6 nitrogen and oxygen atoms in total. The van der Waals surface area contributed by atoms with Gasteiger partial charge in [-0.1, -0.05) is 12.1 Å². The molecule has 1 fully saturated rings. The van der Waals surface area contributed by atoms with Crippen molar-refractivity contribution in [1.82, 2.24) is 15.5 Å². The normalized spacial score (nSPS) is 13.8. The lowest BCUT2D eigenvalue weighted by atomic mass is 10.1. The van der Waals surface area contributed by atoms with Crippen LogP contribution < -0.4 is 10.6 Å². The summed E-state index contributed by atoms with van der Waals surface area (Å²) in [5, 5.41) is 12.2. The molecule has 0 saturated heterocycles. The maximum Gasteiger partial charge on any atom is 0.259 e. The molecule has 108 valence electrons. The van der Waals surface area contributed by atoms with Gasteiger partial charge in [-0.15, -0.1) is 0 Å². The van der Waals surface area contributed by atoms with E-state index in [-0.39, 0.29) is 17.9 Å². The summed E-state index contributed by atoms with van der Waals surface area (Å²) in [6, 6.07) is 7.26. The minimum Gasteiger partial charge on any atom is -0.349 e. The van der Waals surface area contributed by atoms with Gasteiger partial charge in [0.2, 0.25) is 0 Å². The summed E-state index contributed by atoms with van der Waals surface area (Å²) in [6.07, 6.45) is 3.51. The Morgan fingerprint density at radius 2 is 1.95 bits per heavy atom. The minimum atomic E-state index is -0.284. The van der Waals surface area contributed by atoms with E-state index in [4.69, 9.17) is 0 Å². The smallest absolute Gasteiger partial charge is 0.259 e. The maximum absolute atomic E-state index is 12.2. The number of nitrogens with zero attached hydrogens (tertiary/aromatic N) is 1. The molecule has 1 aromatic heterocycles. The summed E-state index contributed by atoms with van der Waals surface area (Å²) in [5.41, 5.74) is 2.12. The number of amides is 2. The van der Waals surface area contributed by atoms with E-state index in [2.05, 4.69) is 20.8 Å². The lowest BCUT2D eigenvalue weighted by Crippen LogP contribution is -2.27. The van der Waals surface area contributed by atoms with Gasteiger partial charge in [0.15, 0.2) is 0 Å². The van der Waals surface area contributed by atoms with Gasteiger partial charge in [-0.05, 0) is 31.9 Å². The van der Waals surface area contributed by atoms with E-state index in [0.717, 1.165) is 12.8 Å². The van der Waals surface area contributed by atoms with E-state index in [1.165, 1.54) is 6.20 Å². The predicted molar refractivity (Wildman–Crippen MR) is 78.2 cm³/mol.